The van der Waals surface area contributed by atoms with Crippen LogP contribution in [0.2, 0.25) is 0 Å². The number of aromatic nitrogens is 3. The molecule has 0 radical (unpaired) electrons. The molecule has 128 valence electrons. The minimum absolute atomic E-state index is 0.475. The molecule has 2 heterocycles. The van der Waals surface area contributed by atoms with E-state index >= 15 is 0 Å². The van der Waals surface area contributed by atoms with Gasteiger partial charge < -0.3 is 20.1 Å². The molecule has 0 aliphatic heterocycles. The fraction of sp³-hybridized carbons (Fsp3) is 0.167. The molecule has 0 unspecified atom stereocenters. The van der Waals surface area contributed by atoms with Crippen LogP contribution in [0.4, 0.5) is 17.5 Å². The van der Waals surface area contributed by atoms with Crippen LogP contribution in [0.3, 0.4) is 0 Å². The summed E-state index contributed by atoms with van der Waals surface area (Å²) in [7, 11) is 3.22. The van der Waals surface area contributed by atoms with Gasteiger partial charge in [0, 0.05) is 31.2 Å². The molecule has 0 spiro atoms. The largest absolute Gasteiger partial charge is 0.497 e. The van der Waals surface area contributed by atoms with Crippen LogP contribution in [-0.4, -0.2) is 29.2 Å². The van der Waals surface area contributed by atoms with Crippen LogP contribution in [0.25, 0.3) is 0 Å². The molecular weight excluding hydrogens is 318 g/mol. The molecule has 7 nitrogen and oxygen atoms in total. The maximum Gasteiger partial charge on any atom is 0.229 e. The van der Waals surface area contributed by atoms with Crippen molar-refractivity contribution in [3.8, 4) is 11.5 Å². The fourth-order valence-electron chi connectivity index (χ4n) is 2.23. The minimum Gasteiger partial charge on any atom is -0.497 e. The predicted molar refractivity (Wildman–Crippen MR) is 96.4 cm³/mol. The van der Waals surface area contributed by atoms with Crippen LogP contribution in [0.1, 0.15) is 5.56 Å². The van der Waals surface area contributed by atoms with Gasteiger partial charge in [-0.3, -0.25) is 4.98 Å². The molecule has 0 saturated heterocycles. The zero-order valence-corrected chi connectivity index (χ0v) is 14.1. The Labute approximate surface area is 146 Å². The molecule has 0 bridgehead atoms. The van der Waals surface area contributed by atoms with Gasteiger partial charge in [-0.25, -0.2) is 4.98 Å². The predicted octanol–water partition coefficient (Wildman–Crippen LogP) is 3.24. The normalized spacial score (nSPS) is 10.2. The molecular formula is C18H19N5O2. The third kappa shape index (κ3) is 4.35. The number of nitrogens with zero attached hydrogens (tertiary/aromatic N) is 3. The van der Waals surface area contributed by atoms with Crippen LogP contribution < -0.4 is 20.1 Å². The van der Waals surface area contributed by atoms with Gasteiger partial charge in [-0.2, -0.15) is 4.98 Å². The molecule has 7 heteroatoms. The van der Waals surface area contributed by atoms with E-state index in [9.17, 15) is 0 Å². The van der Waals surface area contributed by atoms with Gasteiger partial charge in [-0.1, -0.05) is 0 Å². The number of hydrogen-bond donors (Lipinski definition) is 2. The van der Waals surface area contributed by atoms with Crippen molar-refractivity contribution >= 4 is 17.5 Å². The molecule has 2 aromatic heterocycles. The zero-order chi connectivity index (χ0) is 17.5. The molecule has 0 aliphatic rings. The van der Waals surface area contributed by atoms with Crippen LogP contribution >= 0.6 is 0 Å². The highest BCUT2D eigenvalue weighted by molar-refractivity contribution is 5.64. The SMILES string of the molecule is COc1ccc(Nc2nccc(NCc3ccncc3)n2)c(OC)c1. The summed E-state index contributed by atoms with van der Waals surface area (Å²) < 4.78 is 10.6. The quantitative estimate of drug-likeness (QED) is 0.685. The Morgan fingerprint density at radius 1 is 0.960 bits per heavy atom. The third-order valence-electron chi connectivity index (χ3n) is 3.53. The van der Waals surface area contributed by atoms with Crippen LogP contribution in [-0.2, 0) is 6.54 Å². The molecule has 2 N–H and O–H groups in total. The Morgan fingerprint density at radius 2 is 1.80 bits per heavy atom. The number of methoxy groups -OCH3 is 2. The molecule has 1 aromatic carbocycles. The Hall–Kier alpha value is -3.35. The van der Waals surface area contributed by atoms with E-state index in [1.54, 1.807) is 38.9 Å². The highest BCUT2D eigenvalue weighted by Gasteiger charge is 2.07. The van der Waals surface area contributed by atoms with Gasteiger partial charge in [0.05, 0.1) is 19.9 Å². The summed E-state index contributed by atoms with van der Waals surface area (Å²) in [5.74, 6) is 2.57. The molecule has 3 aromatic rings. The van der Waals surface area contributed by atoms with E-state index in [-0.39, 0.29) is 0 Å². The highest BCUT2D eigenvalue weighted by Crippen LogP contribution is 2.30. The van der Waals surface area contributed by atoms with E-state index in [0.717, 1.165) is 22.8 Å². The van der Waals surface area contributed by atoms with E-state index in [4.69, 9.17) is 9.47 Å². The summed E-state index contributed by atoms with van der Waals surface area (Å²) in [5, 5.41) is 6.42. The molecule has 3 rings (SSSR count). The molecule has 0 saturated carbocycles. The second-order valence-electron chi connectivity index (χ2n) is 5.17. The van der Waals surface area contributed by atoms with Crippen molar-refractivity contribution in [3.63, 3.8) is 0 Å². The van der Waals surface area contributed by atoms with E-state index in [1.807, 2.05) is 30.3 Å². The van der Waals surface area contributed by atoms with Crippen molar-refractivity contribution in [2.75, 3.05) is 24.9 Å². The molecule has 0 amide bonds. The van der Waals surface area contributed by atoms with Gasteiger partial charge >= 0.3 is 0 Å². The summed E-state index contributed by atoms with van der Waals surface area (Å²) in [6, 6.07) is 11.2. The smallest absolute Gasteiger partial charge is 0.229 e. The van der Waals surface area contributed by atoms with Crippen molar-refractivity contribution in [1.29, 1.82) is 0 Å². The Kier molecular flexibility index (Phi) is 5.26. The first kappa shape index (κ1) is 16.5. The Morgan fingerprint density at radius 3 is 2.56 bits per heavy atom. The Bertz CT molecular complexity index is 827. The van der Waals surface area contributed by atoms with Gasteiger partial charge in [0.1, 0.15) is 17.3 Å². The van der Waals surface area contributed by atoms with Gasteiger partial charge in [-0.15, -0.1) is 0 Å². The second kappa shape index (κ2) is 7.96. The Balaban J connectivity index is 1.71. The zero-order valence-electron chi connectivity index (χ0n) is 14.1. The second-order valence-corrected chi connectivity index (χ2v) is 5.17. The van der Waals surface area contributed by atoms with Gasteiger partial charge in [0.2, 0.25) is 5.95 Å². The first-order chi connectivity index (χ1) is 12.3. The average molecular weight is 337 g/mol. The lowest BCUT2D eigenvalue weighted by Gasteiger charge is -2.12. The maximum atomic E-state index is 5.38. The number of pyridine rings is 1. The van der Waals surface area contributed by atoms with Crippen LogP contribution in [0.15, 0.2) is 55.0 Å². The lowest BCUT2D eigenvalue weighted by Crippen LogP contribution is -2.04. The minimum atomic E-state index is 0.475. The molecule has 0 fully saturated rings. The molecule has 0 aliphatic carbocycles. The standard InChI is InChI=1S/C18H19N5O2/c1-24-14-3-4-15(16(11-14)25-2)22-18-20-10-7-17(23-18)21-12-13-5-8-19-9-6-13/h3-11H,12H2,1-2H3,(H2,20,21,22,23). The van der Waals surface area contributed by atoms with E-state index in [0.29, 0.717) is 18.2 Å². The third-order valence-corrected chi connectivity index (χ3v) is 3.53. The molecule has 25 heavy (non-hydrogen) atoms. The number of nitrogens with one attached hydrogen (secondary N) is 2. The topological polar surface area (TPSA) is 81.2 Å². The number of rotatable bonds is 7. The fourth-order valence-corrected chi connectivity index (χ4v) is 2.23. The van der Waals surface area contributed by atoms with Crippen molar-refractivity contribution in [1.82, 2.24) is 15.0 Å². The van der Waals surface area contributed by atoms with E-state index < -0.39 is 0 Å². The van der Waals surface area contributed by atoms with Crippen molar-refractivity contribution in [2.45, 2.75) is 6.54 Å². The summed E-state index contributed by atoms with van der Waals surface area (Å²) in [6.45, 7) is 0.658. The first-order valence-corrected chi connectivity index (χ1v) is 7.73. The highest BCUT2D eigenvalue weighted by atomic mass is 16.5. The maximum absolute atomic E-state index is 5.38. The van der Waals surface area contributed by atoms with Gasteiger partial charge in [0.15, 0.2) is 0 Å². The summed E-state index contributed by atoms with van der Waals surface area (Å²) in [6.07, 6.45) is 5.22. The van der Waals surface area contributed by atoms with Crippen LogP contribution in [0, 0.1) is 0 Å². The van der Waals surface area contributed by atoms with Crippen LogP contribution in [0.5, 0.6) is 11.5 Å². The summed E-state index contributed by atoms with van der Waals surface area (Å²) in [4.78, 5) is 12.7. The number of anilines is 3. The van der Waals surface area contributed by atoms with Gasteiger partial charge in [0.25, 0.3) is 0 Å². The summed E-state index contributed by atoms with van der Waals surface area (Å²) >= 11 is 0. The van der Waals surface area contributed by atoms with E-state index in [2.05, 4.69) is 25.6 Å². The monoisotopic (exact) mass is 337 g/mol. The first-order valence-electron chi connectivity index (χ1n) is 7.73. The van der Waals surface area contributed by atoms with Crippen molar-refractivity contribution in [2.24, 2.45) is 0 Å². The van der Waals surface area contributed by atoms with Gasteiger partial charge in [-0.05, 0) is 35.9 Å². The van der Waals surface area contributed by atoms with Crippen molar-refractivity contribution in [3.05, 3.63) is 60.6 Å². The van der Waals surface area contributed by atoms with E-state index in [1.165, 1.54) is 0 Å². The lowest BCUT2D eigenvalue weighted by atomic mass is 10.2. The number of benzene rings is 1. The summed E-state index contributed by atoms with van der Waals surface area (Å²) in [5.41, 5.74) is 1.88. The average Bonchev–Trinajstić information content (AvgIpc) is 2.68. The number of ether oxygens (including phenoxy) is 2. The molecule has 0 atom stereocenters. The lowest BCUT2D eigenvalue weighted by molar-refractivity contribution is 0.395. The number of hydrogen-bond acceptors (Lipinski definition) is 7. The van der Waals surface area contributed by atoms with Crippen molar-refractivity contribution < 1.29 is 9.47 Å².